The molecule has 1 N–H and O–H groups in total. The summed E-state index contributed by atoms with van der Waals surface area (Å²) in [6.45, 7) is 2.01. The molecule has 6 nitrogen and oxygen atoms in total. The fourth-order valence-corrected chi connectivity index (χ4v) is 2.25. The summed E-state index contributed by atoms with van der Waals surface area (Å²) in [5.41, 5.74) is 0. The molecule has 3 rings (SSSR count). The molecule has 1 fully saturated rings. The van der Waals surface area contributed by atoms with Crippen LogP contribution in [0.15, 0.2) is 41.3 Å². The van der Waals surface area contributed by atoms with Gasteiger partial charge in [-0.3, -0.25) is 4.79 Å². The normalized spacial score (nSPS) is 14.8. The van der Waals surface area contributed by atoms with Gasteiger partial charge in [0.25, 0.3) is 0 Å². The third-order valence-electron chi connectivity index (χ3n) is 3.28. The number of hydrogen-bond donors (Lipinski definition) is 1. The van der Waals surface area contributed by atoms with E-state index in [1.165, 1.54) is 25.2 Å². The van der Waals surface area contributed by atoms with Crippen LogP contribution < -0.4 is 10.2 Å². The van der Waals surface area contributed by atoms with Gasteiger partial charge in [0.2, 0.25) is 5.91 Å². The second kappa shape index (κ2) is 6.21. The molecule has 0 radical (unpaired) electrons. The molecule has 0 aliphatic carbocycles. The van der Waals surface area contributed by atoms with Gasteiger partial charge in [0.15, 0.2) is 0 Å². The van der Waals surface area contributed by atoms with E-state index in [4.69, 9.17) is 4.42 Å². The van der Waals surface area contributed by atoms with Crippen LogP contribution in [0.3, 0.4) is 0 Å². The molecule has 1 aliphatic heterocycles. The van der Waals surface area contributed by atoms with Gasteiger partial charge >= 0.3 is 0 Å². The van der Waals surface area contributed by atoms with Gasteiger partial charge in [-0.15, -0.1) is 0 Å². The Hall–Kier alpha value is -2.63. The molecule has 0 unspecified atom stereocenters. The van der Waals surface area contributed by atoms with E-state index in [9.17, 15) is 4.79 Å². The van der Waals surface area contributed by atoms with Crippen LogP contribution in [0.2, 0.25) is 0 Å². The number of hydrogen-bond acceptors (Lipinski definition) is 5. The number of anilines is 2. The van der Waals surface area contributed by atoms with E-state index in [2.05, 4.69) is 20.2 Å². The summed E-state index contributed by atoms with van der Waals surface area (Å²) in [6.07, 6.45) is 8.41. The zero-order valence-corrected chi connectivity index (χ0v) is 11.5. The lowest BCUT2D eigenvalue weighted by molar-refractivity contribution is -0.111. The van der Waals surface area contributed by atoms with Crippen molar-refractivity contribution in [1.82, 2.24) is 9.97 Å². The Balaban J connectivity index is 1.64. The largest absolute Gasteiger partial charge is 0.465 e. The molecule has 21 heavy (non-hydrogen) atoms. The highest BCUT2D eigenvalue weighted by Gasteiger charge is 2.14. The summed E-state index contributed by atoms with van der Waals surface area (Å²) in [6, 6.07) is 5.34. The lowest BCUT2D eigenvalue weighted by Crippen LogP contribution is -2.19. The van der Waals surface area contributed by atoms with Crippen molar-refractivity contribution in [3.05, 3.63) is 42.6 Å². The molecule has 0 spiro atoms. The first-order chi connectivity index (χ1) is 10.3. The maximum Gasteiger partial charge on any atom is 0.249 e. The minimum atomic E-state index is -0.252. The third kappa shape index (κ3) is 3.47. The molecule has 0 saturated carbocycles. The number of carbonyl (C=O) groups is 1. The lowest BCUT2D eigenvalue weighted by Gasteiger charge is -2.16. The number of nitrogens with zero attached hydrogens (tertiary/aromatic N) is 3. The molecule has 3 heterocycles. The molecule has 108 valence electrons. The van der Waals surface area contributed by atoms with Crippen LogP contribution in [-0.4, -0.2) is 29.0 Å². The van der Waals surface area contributed by atoms with Crippen molar-refractivity contribution in [3.8, 4) is 0 Å². The van der Waals surface area contributed by atoms with Crippen molar-refractivity contribution >= 4 is 23.6 Å². The quantitative estimate of drug-likeness (QED) is 0.872. The fourth-order valence-electron chi connectivity index (χ4n) is 2.25. The summed E-state index contributed by atoms with van der Waals surface area (Å²) in [5.74, 6) is 1.73. The summed E-state index contributed by atoms with van der Waals surface area (Å²) in [4.78, 5) is 22.3. The van der Waals surface area contributed by atoms with Crippen LogP contribution in [0.25, 0.3) is 6.08 Å². The summed E-state index contributed by atoms with van der Waals surface area (Å²) in [7, 11) is 0. The molecular weight excluding hydrogens is 268 g/mol. The molecule has 2 aromatic heterocycles. The molecule has 6 heteroatoms. The van der Waals surface area contributed by atoms with Crippen molar-refractivity contribution in [2.45, 2.75) is 12.8 Å². The maximum atomic E-state index is 11.8. The molecule has 1 saturated heterocycles. The first-order valence-corrected chi connectivity index (χ1v) is 6.91. The Morgan fingerprint density at radius 3 is 2.95 bits per heavy atom. The van der Waals surface area contributed by atoms with Crippen LogP contribution in [0, 0.1) is 0 Å². The van der Waals surface area contributed by atoms with Gasteiger partial charge in [0, 0.05) is 25.2 Å². The Morgan fingerprint density at radius 1 is 1.33 bits per heavy atom. The summed E-state index contributed by atoms with van der Waals surface area (Å²) >= 11 is 0. The van der Waals surface area contributed by atoms with Gasteiger partial charge in [-0.2, -0.15) is 0 Å². The highest BCUT2D eigenvalue weighted by Crippen LogP contribution is 2.19. The number of furan rings is 1. The predicted octanol–water partition coefficient (Wildman–Crippen LogP) is 2.32. The van der Waals surface area contributed by atoms with Crippen molar-refractivity contribution in [1.29, 1.82) is 0 Å². The molecule has 1 aliphatic rings. The van der Waals surface area contributed by atoms with E-state index in [-0.39, 0.29) is 5.91 Å². The molecule has 0 aromatic carbocycles. The Kier molecular flexibility index (Phi) is 3.95. The summed E-state index contributed by atoms with van der Waals surface area (Å²) in [5, 5.41) is 2.72. The minimum absolute atomic E-state index is 0.252. The second-order valence-corrected chi connectivity index (χ2v) is 4.79. The third-order valence-corrected chi connectivity index (χ3v) is 3.28. The summed E-state index contributed by atoms with van der Waals surface area (Å²) < 4.78 is 5.12. The number of nitrogens with one attached hydrogen (secondary N) is 1. The lowest BCUT2D eigenvalue weighted by atomic mass is 10.4. The first kappa shape index (κ1) is 13.4. The van der Waals surface area contributed by atoms with E-state index >= 15 is 0 Å². The van der Waals surface area contributed by atoms with Crippen molar-refractivity contribution in [2.24, 2.45) is 0 Å². The standard InChI is InChI=1S/C15H16N4O2/c20-15(6-5-12-4-3-9-21-12)18-13-10-14(17-11-16-13)19-7-1-2-8-19/h3-6,9-11H,1-2,7-8H2,(H,16,17,18,20)/b6-5+. The minimum Gasteiger partial charge on any atom is -0.465 e. The van der Waals surface area contributed by atoms with Crippen molar-refractivity contribution in [2.75, 3.05) is 23.3 Å². The monoisotopic (exact) mass is 284 g/mol. The molecule has 2 aromatic rings. The Labute approximate surface area is 122 Å². The number of carbonyl (C=O) groups excluding carboxylic acids is 1. The zero-order chi connectivity index (χ0) is 14.5. The van der Waals surface area contributed by atoms with Gasteiger partial charge in [-0.25, -0.2) is 9.97 Å². The van der Waals surface area contributed by atoms with E-state index in [0.717, 1.165) is 18.9 Å². The number of rotatable bonds is 4. The van der Waals surface area contributed by atoms with Gasteiger partial charge in [-0.1, -0.05) is 0 Å². The van der Waals surface area contributed by atoms with Crippen molar-refractivity contribution < 1.29 is 9.21 Å². The van der Waals surface area contributed by atoms with E-state index in [1.54, 1.807) is 30.5 Å². The highest BCUT2D eigenvalue weighted by atomic mass is 16.3. The smallest absolute Gasteiger partial charge is 0.249 e. The van der Waals surface area contributed by atoms with Gasteiger partial charge < -0.3 is 14.6 Å². The van der Waals surface area contributed by atoms with Gasteiger partial charge in [0.1, 0.15) is 23.7 Å². The molecule has 0 bridgehead atoms. The second-order valence-electron chi connectivity index (χ2n) is 4.79. The van der Waals surface area contributed by atoms with Gasteiger partial charge in [-0.05, 0) is 31.1 Å². The highest BCUT2D eigenvalue weighted by molar-refractivity contribution is 6.01. The predicted molar refractivity (Wildman–Crippen MR) is 79.9 cm³/mol. The van der Waals surface area contributed by atoms with Crippen LogP contribution >= 0.6 is 0 Å². The van der Waals surface area contributed by atoms with E-state index < -0.39 is 0 Å². The molecule has 0 atom stereocenters. The van der Waals surface area contributed by atoms with Crippen LogP contribution in [-0.2, 0) is 4.79 Å². The van der Waals surface area contributed by atoms with Crippen LogP contribution in [0.4, 0.5) is 11.6 Å². The number of aromatic nitrogens is 2. The first-order valence-electron chi connectivity index (χ1n) is 6.91. The molecule has 1 amide bonds. The van der Waals surface area contributed by atoms with E-state index in [0.29, 0.717) is 11.6 Å². The van der Waals surface area contributed by atoms with Gasteiger partial charge in [0.05, 0.1) is 6.26 Å². The SMILES string of the molecule is O=C(/C=C/c1ccco1)Nc1cc(N2CCCC2)ncn1. The maximum absolute atomic E-state index is 11.8. The fraction of sp³-hybridized carbons (Fsp3) is 0.267. The topological polar surface area (TPSA) is 71.3 Å². The van der Waals surface area contributed by atoms with Crippen LogP contribution in [0.5, 0.6) is 0 Å². The van der Waals surface area contributed by atoms with Crippen molar-refractivity contribution in [3.63, 3.8) is 0 Å². The van der Waals surface area contributed by atoms with E-state index in [1.807, 2.05) is 0 Å². The zero-order valence-electron chi connectivity index (χ0n) is 11.5. The average Bonchev–Trinajstić information content (AvgIpc) is 3.19. The van der Waals surface area contributed by atoms with Crippen LogP contribution in [0.1, 0.15) is 18.6 Å². The average molecular weight is 284 g/mol. The Bertz CT molecular complexity index is 631. The number of amides is 1. The molecular formula is C15H16N4O2. The Morgan fingerprint density at radius 2 is 2.19 bits per heavy atom.